The Hall–Kier alpha value is -1.11. The van der Waals surface area contributed by atoms with E-state index in [9.17, 15) is 13.2 Å². The highest BCUT2D eigenvalue weighted by Crippen LogP contribution is 2.44. The number of sulfone groups is 1. The molecule has 0 unspecified atom stereocenters. The van der Waals surface area contributed by atoms with Gasteiger partial charge in [0.15, 0.2) is 14.6 Å². The molecule has 2 saturated heterocycles. The van der Waals surface area contributed by atoms with E-state index in [2.05, 4.69) is 5.32 Å². The molecule has 0 bridgehead atoms. The molecule has 1 aromatic carbocycles. The van der Waals surface area contributed by atoms with Crippen molar-refractivity contribution in [1.82, 2.24) is 10.2 Å². The molecular formula is C21H31ClN2O3S. The van der Waals surface area contributed by atoms with E-state index in [1.165, 1.54) is 6.42 Å². The highest BCUT2D eigenvalue weighted by Gasteiger charge is 2.55. The largest absolute Gasteiger partial charge is 0.341 e. The zero-order valence-corrected chi connectivity index (χ0v) is 18.2. The fourth-order valence-electron chi connectivity index (χ4n) is 5.18. The third-order valence-corrected chi connectivity index (χ3v) is 9.59. The van der Waals surface area contributed by atoms with Gasteiger partial charge < -0.3 is 10.2 Å². The van der Waals surface area contributed by atoms with Crippen molar-refractivity contribution in [3.05, 3.63) is 29.8 Å². The number of hydrogen-bond donors (Lipinski definition) is 1. The van der Waals surface area contributed by atoms with Crippen LogP contribution in [0.4, 0.5) is 0 Å². The molecule has 3 fully saturated rings. The summed E-state index contributed by atoms with van der Waals surface area (Å²) in [6.45, 7) is 5.40. The van der Waals surface area contributed by atoms with Crippen LogP contribution < -0.4 is 5.32 Å². The van der Waals surface area contributed by atoms with E-state index >= 15 is 0 Å². The Balaban J connectivity index is 0.00000225. The minimum absolute atomic E-state index is 0. The molecule has 0 atom stereocenters. The average molecular weight is 427 g/mol. The van der Waals surface area contributed by atoms with Crippen LogP contribution in [0.5, 0.6) is 0 Å². The molecule has 7 heteroatoms. The standard InChI is InChI=1S/C21H30N2O3S.ClH/c1-17-4-6-18(7-5-17)27(25,26)21(8-2-3-9-21)19(24)23-14-11-20(12-15-23)10-13-22-16-20;/h4-7,22H,2-3,8-16H2,1H3;1H. The maximum absolute atomic E-state index is 13.5. The van der Waals surface area contributed by atoms with Gasteiger partial charge in [-0.15, -0.1) is 12.4 Å². The number of piperidine rings is 1. The number of carbonyl (C=O) groups excluding carboxylic acids is 1. The van der Waals surface area contributed by atoms with Crippen molar-refractivity contribution in [2.24, 2.45) is 5.41 Å². The summed E-state index contributed by atoms with van der Waals surface area (Å²) in [6.07, 6.45) is 5.63. The number of halogens is 1. The first-order valence-corrected chi connectivity index (χ1v) is 11.7. The van der Waals surface area contributed by atoms with Crippen molar-refractivity contribution in [3.63, 3.8) is 0 Å². The molecule has 28 heavy (non-hydrogen) atoms. The maximum atomic E-state index is 13.5. The van der Waals surface area contributed by atoms with E-state index in [0.717, 1.165) is 44.3 Å². The summed E-state index contributed by atoms with van der Waals surface area (Å²) in [6, 6.07) is 6.95. The summed E-state index contributed by atoms with van der Waals surface area (Å²) in [5.74, 6) is -0.151. The van der Waals surface area contributed by atoms with Crippen LogP contribution in [-0.4, -0.2) is 50.2 Å². The van der Waals surface area contributed by atoms with Crippen LogP contribution in [0, 0.1) is 12.3 Å². The van der Waals surface area contributed by atoms with E-state index in [1.54, 1.807) is 12.1 Å². The average Bonchev–Trinajstić information content (AvgIpc) is 3.33. The number of nitrogens with zero attached hydrogens (tertiary/aromatic N) is 1. The summed E-state index contributed by atoms with van der Waals surface area (Å²) >= 11 is 0. The van der Waals surface area contributed by atoms with E-state index in [4.69, 9.17) is 0 Å². The van der Waals surface area contributed by atoms with E-state index in [-0.39, 0.29) is 23.2 Å². The molecule has 1 aliphatic carbocycles. The smallest absolute Gasteiger partial charge is 0.244 e. The van der Waals surface area contributed by atoms with Crippen LogP contribution in [0.25, 0.3) is 0 Å². The number of nitrogens with one attached hydrogen (secondary N) is 1. The van der Waals surface area contributed by atoms with Gasteiger partial charge in [-0.05, 0) is 63.1 Å². The number of carbonyl (C=O) groups is 1. The van der Waals surface area contributed by atoms with Crippen LogP contribution in [0.15, 0.2) is 29.2 Å². The fourth-order valence-corrected chi connectivity index (χ4v) is 7.31. The second-order valence-electron chi connectivity index (χ2n) is 8.74. The van der Waals surface area contributed by atoms with Crippen molar-refractivity contribution < 1.29 is 13.2 Å². The summed E-state index contributed by atoms with van der Waals surface area (Å²) in [5, 5.41) is 3.44. The summed E-state index contributed by atoms with van der Waals surface area (Å²) in [4.78, 5) is 15.7. The second-order valence-corrected chi connectivity index (χ2v) is 11.0. The molecular weight excluding hydrogens is 396 g/mol. The van der Waals surface area contributed by atoms with Crippen molar-refractivity contribution in [2.45, 2.75) is 61.5 Å². The molecule has 1 N–H and O–H groups in total. The number of aryl methyl sites for hydroxylation is 1. The molecule has 1 aromatic rings. The summed E-state index contributed by atoms with van der Waals surface area (Å²) in [7, 11) is -3.70. The molecule has 1 saturated carbocycles. The van der Waals surface area contributed by atoms with E-state index < -0.39 is 14.6 Å². The SMILES string of the molecule is Cc1ccc(S(=O)(=O)C2(C(=O)N3CCC4(CCNC4)CC3)CCCC2)cc1.Cl. The highest BCUT2D eigenvalue weighted by molar-refractivity contribution is 7.93. The lowest BCUT2D eigenvalue weighted by Crippen LogP contribution is -2.55. The van der Waals surface area contributed by atoms with Crippen molar-refractivity contribution >= 4 is 28.2 Å². The van der Waals surface area contributed by atoms with Crippen molar-refractivity contribution in [1.29, 1.82) is 0 Å². The Morgan fingerprint density at radius 1 is 1.00 bits per heavy atom. The number of hydrogen-bond acceptors (Lipinski definition) is 4. The van der Waals surface area contributed by atoms with Gasteiger partial charge in [-0.1, -0.05) is 30.5 Å². The van der Waals surface area contributed by atoms with Gasteiger partial charge in [-0.2, -0.15) is 0 Å². The number of benzene rings is 1. The summed E-state index contributed by atoms with van der Waals surface area (Å²) < 4.78 is 25.8. The van der Waals surface area contributed by atoms with Crippen molar-refractivity contribution in [2.75, 3.05) is 26.2 Å². The van der Waals surface area contributed by atoms with Crippen LogP contribution in [0.1, 0.15) is 50.5 Å². The zero-order chi connectivity index (χ0) is 19.1. The molecule has 3 aliphatic rings. The van der Waals surface area contributed by atoms with Crippen LogP contribution in [0.2, 0.25) is 0 Å². The Kier molecular flexibility index (Phi) is 6.14. The van der Waals surface area contributed by atoms with Gasteiger partial charge in [0.1, 0.15) is 0 Å². The van der Waals surface area contributed by atoms with Crippen LogP contribution in [0.3, 0.4) is 0 Å². The first-order valence-electron chi connectivity index (χ1n) is 10.2. The van der Waals surface area contributed by atoms with Gasteiger partial charge in [-0.25, -0.2) is 8.42 Å². The normalized spacial score (nSPS) is 23.5. The topological polar surface area (TPSA) is 66.5 Å². The van der Waals surface area contributed by atoms with Gasteiger partial charge in [0.05, 0.1) is 4.90 Å². The monoisotopic (exact) mass is 426 g/mol. The van der Waals surface area contributed by atoms with Crippen LogP contribution in [-0.2, 0) is 14.6 Å². The molecule has 1 amide bonds. The molecule has 0 radical (unpaired) electrons. The molecule has 0 aromatic heterocycles. The fraction of sp³-hybridized carbons (Fsp3) is 0.667. The molecule has 2 aliphatic heterocycles. The molecule has 156 valence electrons. The Bertz CT molecular complexity index is 801. The van der Waals surface area contributed by atoms with Gasteiger partial charge in [0.2, 0.25) is 5.91 Å². The van der Waals surface area contributed by atoms with Crippen molar-refractivity contribution in [3.8, 4) is 0 Å². The first kappa shape index (κ1) is 21.6. The lowest BCUT2D eigenvalue weighted by Gasteiger charge is -2.42. The Morgan fingerprint density at radius 2 is 1.61 bits per heavy atom. The predicted molar refractivity (Wildman–Crippen MR) is 113 cm³/mol. The Morgan fingerprint density at radius 3 is 2.14 bits per heavy atom. The van der Waals surface area contributed by atoms with Gasteiger partial charge in [-0.3, -0.25) is 4.79 Å². The predicted octanol–water partition coefficient (Wildman–Crippen LogP) is 3.11. The third kappa shape index (κ3) is 3.48. The molecule has 1 spiro atoms. The maximum Gasteiger partial charge on any atom is 0.244 e. The van der Waals surface area contributed by atoms with Gasteiger partial charge in [0, 0.05) is 19.6 Å². The third-order valence-electron chi connectivity index (χ3n) is 7.09. The number of rotatable bonds is 3. The second kappa shape index (κ2) is 7.96. The van der Waals surface area contributed by atoms with E-state index in [0.29, 0.717) is 31.3 Å². The Labute approximate surface area is 174 Å². The molecule has 2 heterocycles. The zero-order valence-electron chi connectivity index (χ0n) is 16.6. The first-order chi connectivity index (χ1) is 12.9. The summed E-state index contributed by atoms with van der Waals surface area (Å²) in [5.41, 5.74) is 1.34. The minimum atomic E-state index is -3.70. The van der Waals surface area contributed by atoms with E-state index in [1.807, 2.05) is 24.0 Å². The quantitative estimate of drug-likeness (QED) is 0.806. The van der Waals surface area contributed by atoms with Crippen LogP contribution >= 0.6 is 12.4 Å². The lowest BCUT2D eigenvalue weighted by atomic mass is 9.77. The van der Waals surface area contributed by atoms with Gasteiger partial charge >= 0.3 is 0 Å². The molecule has 4 rings (SSSR count). The number of amides is 1. The lowest BCUT2D eigenvalue weighted by molar-refractivity contribution is -0.136. The molecule has 5 nitrogen and oxygen atoms in total. The highest BCUT2D eigenvalue weighted by atomic mass is 35.5. The minimum Gasteiger partial charge on any atom is -0.341 e. The number of likely N-dealkylation sites (tertiary alicyclic amines) is 1. The van der Waals surface area contributed by atoms with Gasteiger partial charge in [0.25, 0.3) is 0 Å².